The maximum atomic E-state index is 2.51. The van der Waals surface area contributed by atoms with Crippen LogP contribution in [0.1, 0.15) is 6.42 Å². The smallest absolute Gasteiger partial charge is 0.0255 e. The first-order valence-electron chi connectivity index (χ1n) is 4.20. The molecule has 2 heterocycles. The second kappa shape index (κ2) is 4.03. The zero-order chi connectivity index (χ0) is 7.52. The van der Waals surface area contributed by atoms with Crippen molar-refractivity contribution in [3.63, 3.8) is 0 Å². The molecule has 0 aromatic heterocycles. The van der Waals surface area contributed by atoms with Crippen molar-refractivity contribution in [3.8, 4) is 0 Å². The Kier molecular flexibility index (Phi) is 3.01. The van der Waals surface area contributed by atoms with Crippen LogP contribution in [0.4, 0.5) is 0 Å². The molecule has 2 nitrogen and oxygen atoms in total. The van der Waals surface area contributed by atoms with E-state index in [0.29, 0.717) is 0 Å². The molecule has 0 radical (unpaired) electrons. The zero-order valence-corrected chi connectivity index (χ0v) is 8.29. The fourth-order valence-corrected chi connectivity index (χ4v) is 3.37. The Morgan fingerprint density at radius 2 is 1.73 bits per heavy atom. The van der Waals surface area contributed by atoms with E-state index in [9.17, 15) is 0 Å². The lowest BCUT2D eigenvalue weighted by atomic mass is 10.5. The van der Waals surface area contributed by atoms with Crippen molar-refractivity contribution < 1.29 is 0 Å². The molecule has 2 saturated heterocycles. The van der Waals surface area contributed by atoms with Gasteiger partial charge in [-0.1, -0.05) is 11.9 Å². The molecule has 2 aliphatic heterocycles. The van der Waals surface area contributed by atoms with Gasteiger partial charge < -0.3 is 0 Å². The van der Waals surface area contributed by atoms with Crippen LogP contribution in [0.5, 0.6) is 0 Å². The van der Waals surface area contributed by atoms with Crippen molar-refractivity contribution in [2.75, 3.05) is 36.9 Å². The Hall–Kier alpha value is 0.620. The highest BCUT2D eigenvalue weighted by atomic mass is 32.2. The van der Waals surface area contributed by atoms with Crippen LogP contribution in [-0.2, 0) is 0 Å². The highest BCUT2D eigenvalue weighted by molar-refractivity contribution is 7.99. The maximum absolute atomic E-state index is 2.51. The zero-order valence-electron chi connectivity index (χ0n) is 6.66. The number of hydrogen-bond acceptors (Lipinski definition) is 4. The molecule has 0 aromatic carbocycles. The molecule has 2 aliphatic rings. The number of hydrazine groups is 1. The first-order valence-corrected chi connectivity index (χ1v) is 6.29. The molecule has 0 bridgehead atoms. The van der Waals surface area contributed by atoms with Crippen LogP contribution < -0.4 is 0 Å². The third-order valence-electron chi connectivity index (χ3n) is 2.04. The van der Waals surface area contributed by atoms with E-state index in [2.05, 4.69) is 21.2 Å². The third kappa shape index (κ3) is 2.05. The molecular formula is C7H14N2S2. The first-order chi connectivity index (χ1) is 5.47. The van der Waals surface area contributed by atoms with Crippen molar-refractivity contribution in [2.24, 2.45) is 0 Å². The fraction of sp³-hybridized carbons (Fsp3) is 1.00. The summed E-state index contributed by atoms with van der Waals surface area (Å²) >= 11 is 4.08. The summed E-state index contributed by atoms with van der Waals surface area (Å²) in [6.07, 6.45) is 1.37. The molecule has 2 rings (SSSR count). The van der Waals surface area contributed by atoms with Crippen molar-refractivity contribution in [1.29, 1.82) is 0 Å². The van der Waals surface area contributed by atoms with E-state index in [1.807, 2.05) is 11.9 Å². The van der Waals surface area contributed by atoms with E-state index >= 15 is 0 Å². The van der Waals surface area contributed by atoms with Crippen molar-refractivity contribution in [2.45, 2.75) is 6.42 Å². The summed E-state index contributed by atoms with van der Waals surface area (Å²) in [6, 6.07) is 0. The normalized spacial score (nSPS) is 29.5. The van der Waals surface area contributed by atoms with Gasteiger partial charge in [-0.15, -0.1) is 0 Å². The molecule has 0 aromatic rings. The number of nitrogens with zero attached hydrogens (tertiary/aromatic N) is 2. The molecule has 0 spiro atoms. The molecular weight excluding hydrogens is 176 g/mol. The van der Waals surface area contributed by atoms with Gasteiger partial charge in [0.1, 0.15) is 0 Å². The summed E-state index contributed by atoms with van der Waals surface area (Å²) in [5.74, 6) is 3.96. The summed E-state index contributed by atoms with van der Waals surface area (Å²) in [5, 5.41) is 2.51. The van der Waals surface area contributed by atoms with Gasteiger partial charge in [0.2, 0.25) is 0 Å². The van der Waals surface area contributed by atoms with E-state index in [4.69, 9.17) is 0 Å². The summed E-state index contributed by atoms with van der Waals surface area (Å²) in [5.41, 5.74) is 0. The maximum Gasteiger partial charge on any atom is 0.0255 e. The Bertz CT molecular complexity index is 120. The van der Waals surface area contributed by atoms with Gasteiger partial charge in [0.15, 0.2) is 0 Å². The van der Waals surface area contributed by atoms with Crippen molar-refractivity contribution in [1.82, 2.24) is 9.42 Å². The van der Waals surface area contributed by atoms with Crippen LogP contribution in [0.25, 0.3) is 0 Å². The Labute approximate surface area is 76.8 Å². The SMILES string of the molecule is C1CSN(N2CCSCC2)C1. The van der Waals surface area contributed by atoms with Gasteiger partial charge in [-0.05, 0) is 6.42 Å². The molecule has 2 fully saturated rings. The van der Waals surface area contributed by atoms with Crippen LogP contribution >= 0.6 is 23.7 Å². The van der Waals surface area contributed by atoms with Gasteiger partial charge in [-0.3, -0.25) is 0 Å². The molecule has 11 heavy (non-hydrogen) atoms. The predicted octanol–water partition coefficient (Wildman–Crippen LogP) is 1.30. The van der Waals surface area contributed by atoms with Gasteiger partial charge in [0.05, 0.1) is 0 Å². The van der Waals surface area contributed by atoms with E-state index < -0.39 is 0 Å². The largest absolute Gasteiger partial charge is 0.230 e. The molecule has 0 atom stereocenters. The van der Waals surface area contributed by atoms with E-state index in [1.165, 1.54) is 43.3 Å². The van der Waals surface area contributed by atoms with Gasteiger partial charge >= 0.3 is 0 Å². The second-order valence-electron chi connectivity index (χ2n) is 2.83. The third-order valence-corrected chi connectivity index (χ3v) is 4.16. The van der Waals surface area contributed by atoms with Crippen LogP contribution in [-0.4, -0.2) is 46.3 Å². The highest BCUT2D eigenvalue weighted by Crippen LogP contribution is 2.24. The van der Waals surface area contributed by atoms with Crippen LogP contribution in [0, 0.1) is 0 Å². The number of thioether (sulfide) groups is 1. The second-order valence-corrected chi connectivity index (χ2v) is 5.14. The molecule has 64 valence electrons. The summed E-state index contributed by atoms with van der Waals surface area (Å²) in [7, 11) is 0. The lowest BCUT2D eigenvalue weighted by Crippen LogP contribution is -2.41. The highest BCUT2D eigenvalue weighted by Gasteiger charge is 2.21. The van der Waals surface area contributed by atoms with Crippen molar-refractivity contribution in [3.05, 3.63) is 0 Å². The molecule has 4 heteroatoms. The van der Waals surface area contributed by atoms with Crippen molar-refractivity contribution >= 4 is 23.7 Å². The standard InChI is InChI=1S/C7H14N2S2/c1-2-9(11-5-1)8-3-6-10-7-4-8/h1-7H2. The number of hydrogen-bond donors (Lipinski definition) is 0. The van der Waals surface area contributed by atoms with Crippen LogP contribution in [0.3, 0.4) is 0 Å². The van der Waals surface area contributed by atoms with Gasteiger partial charge in [0, 0.05) is 36.9 Å². The summed E-state index contributed by atoms with van der Waals surface area (Å²) in [4.78, 5) is 0. The monoisotopic (exact) mass is 190 g/mol. The number of rotatable bonds is 1. The molecule has 0 amide bonds. The van der Waals surface area contributed by atoms with Gasteiger partial charge in [-0.2, -0.15) is 16.2 Å². The van der Waals surface area contributed by atoms with Crippen LogP contribution in [0.2, 0.25) is 0 Å². The van der Waals surface area contributed by atoms with E-state index in [0.717, 1.165) is 0 Å². The minimum atomic E-state index is 1.26. The Morgan fingerprint density at radius 3 is 2.36 bits per heavy atom. The minimum Gasteiger partial charge on any atom is -0.230 e. The predicted molar refractivity (Wildman–Crippen MR) is 52.7 cm³/mol. The van der Waals surface area contributed by atoms with E-state index in [-0.39, 0.29) is 0 Å². The van der Waals surface area contributed by atoms with E-state index in [1.54, 1.807) is 0 Å². The average molecular weight is 190 g/mol. The lowest BCUT2D eigenvalue weighted by Gasteiger charge is -2.32. The molecule has 0 saturated carbocycles. The molecule has 0 N–H and O–H groups in total. The molecule has 0 aliphatic carbocycles. The lowest BCUT2D eigenvalue weighted by molar-refractivity contribution is 0.0925. The summed E-state index contributed by atoms with van der Waals surface area (Å²) < 4.78 is 2.46. The fourth-order valence-electron chi connectivity index (χ4n) is 1.43. The first kappa shape index (κ1) is 8.23. The van der Waals surface area contributed by atoms with Gasteiger partial charge in [-0.25, -0.2) is 5.01 Å². The summed E-state index contributed by atoms with van der Waals surface area (Å²) in [6.45, 7) is 3.80. The Morgan fingerprint density at radius 1 is 0.909 bits per heavy atom. The quantitative estimate of drug-likeness (QED) is 0.575. The van der Waals surface area contributed by atoms with Crippen LogP contribution in [0.15, 0.2) is 0 Å². The van der Waals surface area contributed by atoms with Gasteiger partial charge in [0.25, 0.3) is 0 Å². The average Bonchev–Trinajstić information content (AvgIpc) is 2.58. The topological polar surface area (TPSA) is 6.48 Å². The minimum absolute atomic E-state index is 1.26. The Balaban J connectivity index is 1.82. The molecule has 0 unspecified atom stereocenters.